The van der Waals surface area contributed by atoms with Crippen LogP contribution in [0.1, 0.15) is 16.8 Å². The van der Waals surface area contributed by atoms with Crippen molar-refractivity contribution >= 4 is 5.97 Å². The highest BCUT2D eigenvalue weighted by Crippen LogP contribution is 2.49. The summed E-state index contributed by atoms with van der Waals surface area (Å²) >= 11 is 0. The number of carbonyl (C=O) groups excluding carboxylic acids is 1. The van der Waals surface area contributed by atoms with Crippen molar-refractivity contribution in [3.8, 4) is 0 Å². The van der Waals surface area contributed by atoms with Gasteiger partial charge in [-0.1, -0.05) is 18.2 Å². The molecule has 1 unspecified atom stereocenters. The van der Waals surface area contributed by atoms with Gasteiger partial charge in [0.25, 0.3) is 5.92 Å². The Labute approximate surface area is 91.5 Å². The number of carbonyl (C=O) groups is 1. The first-order valence-corrected chi connectivity index (χ1v) is 4.90. The normalized spacial score (nSPS) is 22.0. The van der Waals surface area contributed by atoms with Crippen molar-refractivity contribution in [3.05, 3.63) is 48.2 Å². The van der Waals surface area contributed by atoms with Gasteiger partial charge in [-0.05, 0) is 18.2 Å². The lowest BCUT2D eigenvalue weighted by Gasteiger charge is -1.97. The second-order valence-corrected chi connectivity index (χ2v) is 3.67. The van der Waals surface area contributed by atoms with Crippen LogP contribution in [0.15, 0.2) is 42.7 Å². The summed E-state index contributed by atoms with van der Waals surface area (Å²) in [5.74, 6) is -3.94. The quantitative estimate of drug-likeness (QED) is 0.582. The molecular weight excluding hydrogens is 214 g/mol. The van der Waals surface area contributed by atoms with E-state index < -0.39 is 17.8 Å². The molecule has 2 rings (SSSR count). The van der Waals surface area contributed by atoms with Crippen molar-refractivity contribution in [1.82, 2.24) is 0 Å². The van der Waals surface area contributed by atoms with Gasteiger partial charge in [-0.3, -0.25) is 0 Å². The second kappa shape index (κ2) is 4.04. The fraction of sp³-hybridized carbons (Fsp3) is 0.250. The number of hydrogen-bond acceptors (Lipinski definition) is 2. The Kier molecular flexibility index (Phi) is 2.73. The molecule has 0 aliphatic heterocycles. The smallest absolute Gasteiger partial charge is 0.342 e. The van der Waals surface area contributed by atoms with E-state index in [0.717, 1.165) is 6.26 Å². The van der Waals surface area contributed by atoms with Crippen LogP contribution in [0, 0.1) is 5.92 Å². The van der Waals surface area contributed by atoms with Crippen molar-refractivity contribution < 1.29 is 18.3 Å². The van der Waals surface area contributed by atoms with Gasteiger partial charge >= 0.3 is 5.97 Å². The van der Waals surface area contributed by atoms with Gasteiger partial charge in [0.1, 0.15) is 0 Å². The van der Waals surface area contributed by atoms with Gasteiger partial charge < -0.3 is 4.74 Å². The molecule has 0 spiro atoms. The number of esters is 1. The lowest BCUT2D eigenvalue weighted by atomic mass is 10.2. The van der Waals surface area contributed by atoms with Gasteiger partial charge in [-0.25, -0.2) is 13.6 Å². The fourth-order valence-electron chi connectivity index (χ4n) is 1.28. The van der Waals surface area contributed by atoms with Gasteiger partial charge in [0.15, 0.2) is 0 Å². The largest absolute Gasteiger partial charge is 0.431 e. The van der Waals surface area contributed by atoms with Crippen LogP contribution in [0.25, 0.3) is 0 Å². The first-order chi connectivity index (χ1) is 7.59. The summed E-state index contributed by atoms with van der Waals surface area (Å²) in [6.45, 7) is 0. The first kappa shape index (κ1) is 10.8. The van der Waals surface area contributed by atoms with E-state index in [9.17, 15) is 13.6 Å². The minimum absolute atomic E-state index is 0.160. The van der Waals surface area contributed by atoms with E-state index >= 15 is 0 Å². The second-order valence-electron chi connectivity index (χ2n) is 3.67. The number of allylic oxidation sites excluding steroid dienone is 1. The third-order valence-electron chi connectivity index (χ3n) is 2.37. The molecular formula is C12H10F2O2. The molecule has 1 saturated carbocycles. The molecule has 0 saturated heterocycles. The molecule has 2 nitrogen and oxygen atoms in total. The topological polar surface area (TPSA) is 26.3 Å². The first-order valence-electron chi connectivity index (χ1n) is 4.90. The predicted molar refractivity (Wildman–Crippen MR) is 54.1 cm³/mol. The summed E-state index contributed by atoms with van der Waals surface area (Å²) in [7, 11) is 0. The molecule has 1 fully saturated rings. The zero-order chi connectivity index (χ0) is 11.6. The molecule has 0 heterocycles. The van der Waals surface area contributed by atoms with E-state index in [1.807, 2.05) is 0 Å². The van der Waals surface area contributed by atoms with Crippen molar-refractivity contribution in [3.63, 3.8) is 0 Å². The maximum Gasteiger partial charge on any atom is 0.342 e. The number of benzene rings is 1. The van der Waals surface area contributed by atoms with E-state index in [2.05, 4.69) is 0 Å². The molecule has 1 aromatic rings. The Bertz CT molecular complexity index is 412. The zero-order valence-corrected chi connectivity index (χ0v) is 8.40. The zero-order valence-electron chi connectivity index (χ0n) is 8.40. The van der Waals surface area contributed by atoms with Gasteiger partial charge in [0, 0.05) is 12.3 Å². The minimum atomic E-state index is -2.62. The van der Waals surface area contributed by atoms with Gasteiger partial charge in [-0.2, -0.15) is 0 Å². The van der Waals surface area contributed by atoms with Crippen LogP contribution in [0.4, 0.5) is 8.78 Å². The molecule has 1 atom stereocenters. The molecule has 0 bridgehead atoms. The Morgan fingerprint density at radius 1 is 1.38 bits per heavy atom. The van der Waals surface area contributed by atoms with Crippen LogP contribution in [-0.2, 0) is 4.74 Å². The van der Waals surface area contributed by atoms with Crippen molar-refractivity contribution in [1.29, 1.82) is 0 Å². The lowest BCUT2D eigenvalue weighted by Crippen LogP contribution is -2.00. The molecule has 4 heteroatoms. The SMILES string of the molecule is O=C(O/C=C/C1CC1(F)F)c1ccccc1. The van der Waals surface area contributed by atoms with Crippen molar-refractivity contribution in [2.45, 2.75) is 12.3 Å². The van der Waals surface area contributed by atoms with Gasteiger partial charge in [0.2, 0.25) is 0 Å². The minimum Gasteiger partial charge on any atom is -0.431 e. The molecule has 1 aliphatic rings. The monoisotopic (exact) mass is 224 g/mol. The Morgan fingerprint density at radius 3 is 2.56 bits per heavy atom. The highest BCUT2D eigenvalue weighted by Gasteiger charge is 2.55. The van der Waals surface area contributed by atoms with Crippen LogP contribution in [-0.4, -0.2) is 11.9 Å². The summed E-state index contributed by atoms with van der Waals surface area (Å²) in [6, 6.07) is 8.38. The number of hydrogen-bond donors (Lipinski definition) is 0. The fourth-order valence-corrected chi connectivity index (χ4v) is 1.28. The number of ether oxygens (including phenoxy) is 1. The van der Waals surface area contributed by atoms with E-state index in [-0.39, 0.29) is 6.42 Å². The van der Waals surface area contributed by atoms with E-state index in [1.54, 1.807) is 30.3 Å². The molecule has 0 radical (unpaired) electrons. The summed E-state index contributed by atoms with van der Waals surface area (Å²) in [4.78, 5) is 11.3. The van der Waals surface area contributed by atoms with E-state index in [1.165, 1.54) is 6.08 Å². The van der Waals surface area contributed by atoms with E-state index in [0.29, 0.717) is 5.56 Å². The average Bonchev–Trinajstić information content (AvgIpc) is 2.87. The summed E-state index contributed by atoms with van der Waals surface area (Å²) in [5.41, 5.74) is 0.398. The highest BCUT2D eigenvalue weighted by molar-refractivity contribution is 5.89. The van der Waals surface area contributed by atoms with Crippen LogP contribution >= 0.6 is 0 Å². The summed E-state index contributed by atoms with van der Waals surface area (Å²) in [5, 5.41) is 0. The average molecular weight is 224 g/mol. The van der Waals surface area contributed by atoms with Crippen LogP contribution in [0.2, 0.25) is 0 Å². The maximum atomic E-state index is 12.5. The number of rotatable bonds is 3. The van der Waals surface area contributed by atoms with Gasteiger partial charge in [-0.15, -0.1) is 0 Å². The van der Waals surface area contributed by atoms with Crippen LogP contribution in [0.5, 0.6) is 0 Å². The van der Waals surface area contributed by atoms with E-state index in [4.69, 9.17) is 4.74 Å². The van der Waals surface area contributed by atoms with Gasteiger partial charge in [0.05, 0.1) is 11.8 Å². The molecule has 0 amide bonds. The predicted octanol–water partition coefficient (Wildman–Crippen LogP) is 3.01. The van der Waals surface area contributed by atoms with Crippen molar-refractivity contribution in [2.24, 2.45) is 5.92 Å². The Morgan fingerprint density at radius 2 is 2.00 bits per heavy atom. The Hall–Kier alpha value is -1.71. The number of halogens is 2. The maximum absolute atomic E-state index is 12.5. The van der Waals surface area contributed by atoms with Crippen LogP contribution in [0.3, 0.4) is 0 Å². The molecule has 84 valence electrons. The van der Waals surface area contributed by atoms with Crippen molar-refractivity contribution in [2.75, 3.05) is 0 Å². The molecule has 0 aromatic heterocycles. The Balaban J connectivity index is 1.85. The molecule has 1 aromatic carbocycles. The summed E-state index contributed by atoms with van der Waals surface area (Å²) in [6.07, 6.45) is 2.11. The highest BCUT2D eigenvalue weighted by atomic mass is 19.3. The third-order valence-corrected chi connectivity index (χ3v) is 2.37. The molecule has 1 aliphatic carbocycles. The van der Waals surface area contributed by atoms with Crippen LogP contribution < -0.4 is 0 Å². The molecule has 0 N–H and O–H groups in total. The lowest BCUT2D eigenvalue weighted by molar-refractivity contribution is 0.0657. The molecule has 16 heavy (non-hydrogen) atoms. The standard InChI is InChI=1S/C12H10F2O2/c13-12(14)8-10(12)6-7-16-11(15)9-4-2-1-3-5-9/h1-7,10H,8H2/b7-6+. The number of alkyl halides is 2. The summed E-state index contributed by atoms with van der Waals surface area (Å²) < 4.78 is 29.6. The third kappa shape index (κ3) is 2.45.